The molecule has 1 aromatic heterocycles. The molecule has 0 saturated carbocycles. The maximum Gasteiger partial charge on any atom is 0.293 e. The number of nitrogens with zero attached hydrogens (tertiary/aromatic N) is 1. The van der Waals surface area contributed by atoms with Gasteiger partial charge in [0.05, 0.1) is 17.6 Å². The summed E-state index contributed by atoms with van der Waals surface area (Å²) in [6, 6.07) is 6.99. The van der Waals surface area contributed by atoms with Crippen LogP contribution in [0.3, 0.4) is 0 Å². The molecule has 0 saturated heterocycles. The Hall–Kier alpha value is -2.30. The van der Waals surface area contributed by atoms with Gasteiger partial charge in [0.1, 0.15) is 0 Å². The number of amides is 1. The van der Waals surface area contributed by atoms with Crippen molar-refractivity contribution in [3.05, 3.63) is 42.6 Å². The Labute approximate surface area is 85.9 Å². The Morgan fingerprint density at radius 3 is 2.87 bits per heavy atom. The Morgan fingerprint density at radius 1 is 1.40 bits per heavy atom. The van der Waals surface area contributed by atoms with Gasteiger partial charge in [-0.15, -0.1) is 0 Å². The monoisotopic (exact) mass is 203 g/mol. The first-order chi connectivity index (χ1) is 7.27. The summed E-state index contributed by atoms with van der Waals surface area (Å²) in [4.78, 5) is 15.2. The fourth-order valence-electron chi connectivity index (χ4n) is 1.12. The average molecular weight is 203 g/mol. The van der Waals surface area contributed by atoms with E-state index in [1.54, 1.807) is 24.3 Å². The predicted octanol–water partition coefficient (Wildman–Crippen LogP) is 1.51. The topological polar surface area (TPSA) is 81.1 Å². The third-order valence-electron chi connectivity index (χ3n) is 1.87. The summed E-state index contributed by atoms with van der Waals surface area (Å²) >= 11 is 0. The fourth-order valence-corrected chi connectivity index (χ4v) is 1.12. The first-order valence-corrected chi connectivity index (χ1v) is 4.32. The minimum absolute atomic E-state index is 0.151. The number of hydrogen-bond donors (Lipinski definition) is 2. The number of aromatic nitrogens is 1. The number of anilines is 2. The SMILES string of the molecule is Nc1ccccc1NC(=O)c1cnco1. The molecular formula is C10H9N3O2. The lowest BCUT2D eigenvalue weighted by molar-refractivity contribution is 0.0996. The van der Waals surface area contributed by atoms with Crippen LogP contribution in [0.1, 0.15) is 10.6 Å². The maximum atomic E-state index is 11.5. The van der Waals surface area contributed by atoms with Gasteiger partial charge in [0.15, 0.2) is 6.39 Å². The van der Waals surface area contributed by atoms with E-state index in [9.17, 15) is 4.79 Å². The van der Waals surface area contributed by atoms with Gasteiger partial charge in [-0.3, -0.25) is 4.79 Å². The third kappa shape index (κ3) is 1.96. The molecule has 2 aromatic rings. The molecule has 1 aromatic carbocycles. The molecule has 15 heavy (non-hydrogen) atoms. The zero-order valence-electron chi connectivity index (χ0n) is 7.81. The van der Waals surface area contributed by atoms with Crippen molar-refractivity contribution in [2.24, 2.45) is 0 Å². The van der Waals surface area contributed by atoms with Crippen molar-refractivity contribution in [3.8, 4) is 0 Å². The highest BCUT2D eigenvalue weighted by Crippen LogP contribution is 2.17. The molecule has 0 aliphatic heterocycles. The standard InChI is InChI=1S/C10H9N3O2/c11-7-3-1-2-4-8(7)13-10(14)9-5-12-6-15-9/h1-6H,11H2,(H,13,14). The summed E-state index contributed by atoms with van der Waals surface area (Å²) in [6.07, 6.45) is 2.54. The molecule has 0 aliphatic rings. The van der Waals surface area contributed by atoms with Gasteiger partial charge in [0.25, 0.3) is 5.91 Å². The number of nitrogens with two attached hydrogens (primary N) is 1. The second-order valence-corrected chi connectivity index (χ2v) is 2.91. The normalized spacial score (nSPS) is 9.87. The van der Waals surface area contributed by atoms with E-state index in [2.05, 4.69) is 10.3 Å². The van der Waals surface area contributed by atoms with Crippen LogP contribution >= 0.6 is 0 Å². The molecule has 0 spiro atoms. The lowest BCUT2D eigenvalue weighted by Crippen LogP contribution is -2.12. The first kappa shape index (κ1) is 9.26. The van der Waals surface area contributed by atoms with Gasteiger partial charge in [0, 0.05) is 0 Å². The van der Waals surface area contributed by atoms with Crippen LogP contribution in [0.5, 0.6) is 0 Å². The molecule has 1 amide bonds. The van der Waals surface area contributed by atoms with Crippen LogP contribution in [-0.2, 0) is 0 Å². The van der Waals surface area contributed by atoms with E-state index in [0.717, 1.165) is 0 Å². The molecule has 2 rings (SSSR count). The minimum Gasteiger partial charge on any atom is -0.438 e. The van der Waals surface area contributed by atoms with Crippen molar-refractivity contribution >= 4 is 17.3 Å². The zero-order chi connectivity index (χ0) is 10.7. The Bertz CT molecular complexity index is 465. The van der Waals surface area contributed by atoms with Crippen molar-refractivity contribution in [2.75, 3.05) is 11.1 Å². The number of nitrogen functional groups attached to an aromatic ring is 1. The smallest absolute Gasteiger partial charge is 0.293 e. The molecule has 0 fully saturated rings. The second kappa shape index (κ2) is 3.83. The van der Waals surface area contributed by atoms with Gasteiger partial charge in [0.2, 0.25) is 5.76 Å². The lowest BCUT2D eigenvalue weighted by Gasteiger charge is -2.05. The van der Waals surface area contributed by atoms with E-state index < -0.39 is 0 Å². The van der Waals surface area contributed by atoms with Crippen LogP contribution in [0.15, 0.2) is 41.3 Å². The fraction of sp³-hybridized carbons (Fsp3) is 0. The molecule has 76 valence electrons. The number of nitrogens with one attached hydrogen (secondary N) is 1. The quantitative estimate of drug-likeness (QED) is 0.725. The minimum atomic E-state index is -0.370. The van der Waals surface area contributed by atoms with Crippen LogP contribution in [0.4, 0.5) is 11.4 Å². The number of hydrogen-bond acceptors (Lipinski definition) is 4. The zero-order valence-corrected chi connectivity index (χ0v) is 7.81. The molecule has 0 bridgehead atoms. The molecule has 5 nitrogen and oxygen atoms in total. The first-order valence-electron chi connectivity index (χ1n) is 4.32. The average Bonchev–Trinajstić information content (AvgIpc) is 2.74. The van der Waals surface area contributed by atoms with Crippen molar-refractivity contribution in [3.63, 3.8) is 0 Å². The molecule has 0 atom stereocenters. The van der Waals surface area contributed by atoms with Crippen molar-refractivity contribution in [1.29, 1.82) is 0 Å². The molecule has 0 unspecified atom stereocenters. The number of rotatable bonds is 2. The maximum absolute atomic E-state index is 11.5. The highest BCUT2D eigenvalue weighted by Gasteiger charge is 2.10. The van der Waals surface area contributed by atoms with E-state index in [-0.39, 0.29) is 11.7 Å². The van der Waals surface area contributed by atoms with Gasteiger partial charge in [-0.05, 0) is 12.1 Å². The molecule has 0 radical (unpaired) electrons. The molecule has 3 N–H and O–H groups in total. The molecule has 5 heteroatoms. The van der Waals surface area contributed by atoms with Crippen LogP contribution in [0.25, 0.3) is 0 Å². The van der Waals surface area contributed by atoms with E-state index >= 15 is 0 Å². The molecule has 0 aliphatic carbocycles. The predicted molar refractivity (Wildman–Crippen MR) is 55.3 cm³/mol. The van der Waals surface area contributed by atoms with Crippen LogP contribution in [-0.4, -0.2) is 10.9 Å². The molecular weight excluding hydrogens is 194 g/mol. The number of carbonyl (C=O) groups is 1. The van der Waals surface area contributed by atoms with Gasteiger partial charge in [-0.1, -0.05) is 12.1 Å². The summed E-state index contributed by atoms with van der Waals surface area (Å²) in [5.74, 6) is -0.219. The number of para-hydroxylation sites is 2. The summed E-state index contributed by atoms with van der Waals surface area (Å²) in [5.41, 5.74) is 6.72. The second-order valence-electron chi connectivity index (χ2n) is 2.91. The van der Waals surface area contributed by atoms with E-state index in [0.29, 0.717) is 11.4 Å². The Kier molecular flexibility index (Phi) is 2.37. The summed E-state index contributed by atoms with van der Waals surface area (Å²) in [7, 11) is 0. The highest BCUT2D eigenvalue weighted by molar-refractivity contribution is 6.03. The van der Waals surface area contributed by atoms with Crippen molar-refractivity contribution in [2.45, 2.75) is 0 Å². The Morgan fingerprint density at radius 2 is 2.20 bits per heavy atom. The Balaban J connectivity index is 2.17. The molecule has 1 heterocycles. The lowest BCUT2D eigenvalue weighted by atomic mass is 10.2. The van der Waals surface area contributed by atoms with Crippen LogP contribution < -0.4 is 11.1 Å². The van der Waals surface area contributed by atoms with Crippen molar-refractivity contribution in [1.82, 2.24) is 4.98 Å². The number of carbonyl (C=O) groups excluding carboxylic acids is 1. The number of benzene rings is 1. The summed E-state index contributed by atoms with van der Waals surface area (Å²) in [6.45, 7) is 0. The van der Waals surface area contributed by atoms with Crippen molar-refractivity contribution < 1.29 is 9.21 Å². The summed E-state index contributed by atoms with van der Waals surface area (Å²) < 4.78 is 4.84. The van der Waals surface area contributed by atoms with Gasteiger partial charge < -0.3 is 15.5 Å². The largest absolute Gasteiger partial charge is 0.438 e. The number of oxazole rings is 1. The van der Waals surface area contributed by atoms with Gasteiger partial charge in [-0.2, -0.15) is 0 Å². The van der Waals surface area contributed by atoms with Crippen LogP contribution in [0.2, 0.25) is 0 Å². The highest BCUT2D eigenvalue weighted by atomic mass is 16.3. The van der Waals surface area contributed by atoms with E-state index in [4.69, 9.17) is 10.2 Å². The van der Waals surface area contributed by atoms with E-state index in [1.165, 1.54) is 12.6 Å². The van der Waals surface area contributed by atoms with Gasteiger partial charge >= 0.3 is 0 Å². The van der Waals surface area contributed by atoms with Gasteiger partial charge in [-0.25, -0.2) is 4.98 Å². The van der Waals surface area contributed by atoms with Crippen LogP contribution in [0, 0.1) is 0 Å². The summed E-state index contributed by atoms with van der Waals surface area (Å²) in [5, 5.41) is 2.61. The third-order valence-corrected chi connectivity index (χ3v) is 1.87. The van der Waals surface area contributed by atoms with E-state index in [1.807, 2.05) is 0 Å².